The van der Waals surface area contributed by atoms with Crippen LogP contribution in [0.3, 0.4) is 0 Å². The molecule has 0 aromatic heterocycles. The fraction of sp³-hybridized carbons (Fsp3) is 0.310. The van der Waals surface area contributed by atoms with E-state index in [9.17, 15) is 0 Å². The number of benzene rings is 3. The van der Waals surface area contributed by atoms with Gasteiger partial charge < -0.3 is 15.4 Å². The van der Waals surface area contributed by atoms with Crippen LogP contribution in [0, 0.1) is 18.8 Å². The van der Waals surface area contributed by atoms with Crippen LogP contribution in [0.25, 0.3) is 0 Å². The van der Waals surface area contributed by atoms with E-state index < -0.39 is 0 Å². The summed E-state index contributed by atoms with van der Waals surface area (Å²) in [6, 6.07) is 22.4. The van der Waals surface area contributed by atoms with Gasteiger partial charge in [-0.2, -0.15) is 0 Å². The first-order valence-corrected chi connectivity index (χ1v) is 12.0. The van der Waals surface area contributed by atoms with Gasteiger partial charge in [-0.15, -0.1) is 0 Å². The third kappa shape index (κ3) is 8.94. The second kappa shape index (κ2) is 13.7. The summed E-state index contributed by atoms with van der Waals surface area (Å²) >= 11 is 5.92. The molecule has 0 bridgehead atoms. The zero-order chi connectivity index (χ0) is 23.3. The van der Waals surface area contributed by atoms with Gasteiger partial charge in [0.05, 0.1) is 0 Å². The maximum Gasteiger partial charge on any atom is 0.122 e. The lowest BCUT2D eigenvalue weighted by atomic mass is 10.1. The van der Waals surface area contributed by atoms with Crippen LogP contribution in [-0.2, 0) is 13.1 Å². The molecule has 3 aromatic rings. The largest absolute Gasteiger partial charge is 0.492 e. The average molecular weight is 461 g/mol. The molecule has 3 aromatic carbocycles. The van der Waals surface area contributed by atoms with Crippen molar-refractivity contribution in [2.75, 3.05) is 19.7 Å². The maximum absolute atomic E-state index is 5.96. The van der Waals surface area contributed by atoms with Crippen LogP contribution in [0.2, 0.25) is 5.02 Å². The molecule has 0 fully saturated rings. The third-order valence-electron chi connectivity index (χ3n) is 5.30. The molecular formula is C29H33ClN2O. The molecule has 0 radical (unpaired) electrons. The summed E-state index contributed by atoms with van der Waals surface area (Å²) in [6.45, 7) is 8.53. The summed E-state index contributed by atoms with van der Waals surface area (Å²) in [4.78, 5) is 0. The van der Waals surface area contributed by atoms with Crippen LogP contribution in [0.1, 0.15) is 47.6 Å². The highest BCUT2D eigenvalue weighted by molar-refractivity contribution is 6.30. The van der Waals surface area contributed by atoms with E-state index in [1.165, 1.54) is 24.0 Å². The monoisotopic (exact) mass is 460 g/mol. The molecule has 0 saturated carbocycles. The fourth-order valence-corrected chi connectivity index (χ4v) is 3.47. The van der Waals surface area contributed by atoms with Crippen molar-refractivity contribution in [1.29, 1.82) is 0 Å². The van der Waals surface area contributed by atoms with Gasteiger partial charge in [0, 0.05) is 35.8 Å². The minimum absolute atomic E-state index is 0.621. The number of aryl methyl sites for hydroxylation is 1. The first-order valence-electron chi connectivity index (χ1n) is 11.6. The molecule has 33 heavy (non-hydrogen) atoms. The number of hydrogen-bond acceptors (Lipinski definition) is 3. The molecule has 0 aliphatic rings. The normalized spacial score (nSPS) is 10.5. The summed E-state index contributed by atoms with van der Waals surface area (Å²) < 4.78 is 5.96. The number of nitrogens with one attached hydrogen (secondary N) is 2. The summed E-state index contributed by atoms with van der Waals surface area (Å²) in [6.07, 6.45) is 2.46. The minimum atomic E-state index is 0.621. The Morgan fingerprint density at radius 1 is 0.788 bits per heavy atom. The van der Waals surface area contributed by atoms with Crippen LogP contribution in [-0.4, -0.2) is 19.7 Å². The Balaban J connectivity index is 1.38. The van der Waals surface area contributed by atoms with E-state index in [0.29, 0.717) is 6.61 Å². The molecule has 0 atom stereocenters. The molecule has 2 N–H and O–H groups in total. The first kappa shape index (κ1) is 24.9. The van der Waals surface area contributed by atoms with Gasteiger partial charge in [0.1, 0.15) is 12.4 Å². The average Bonchev–Trinajstić information content (AvgIpc) is 2.83. The van der Waals surface area contributed by atoms with Gasteiger partial charge in [-0.3, -0.25) is 0 Å². The Morgan fingerprint density at radius 3 is 2.03 bits per heavy atom. The van der Waals surface area contributed by atoms with Gasteiger partial charge in [0.15, 0.2) is 0 Å². The number of rotatable bonds is 11. The van der Waals surface area contributed by atoms with E-state index in [1.807, 2.05) is 36.4 Å². The van der Waals surface area contributed by atoms with Gasteiger partial charge in [0.25, 0.3) is 0 Å². The summed E-state index contributed by atoms with van der Waals surface area (Å²) in [5.74, 6) is 7.26. The fourth-order valence-electron chi connectivity index (χ4n) is 3.34. The molecule has 4 heteroatoms. The smallest absolute Gasteiger partial charge is 0.122 e. The lowest BCUT2D eigenvalue weighted by Gasteiger charge is -2.11. The van der Waals surface area contributed by atoms with Crippen molar-refractivity contribution in [2.45, 2.75) is 39.8 Å². The predicted octanol–water partition coefficient (Wildman–Crippen LogP) is 6.11. The lowest BCUT2D eigenvalue weighted by molar-refractivity contribution is 0.311. The van der Waals surface area contributed by atoms with Crippen LogP contribution < -0.4 is 15.4 Å². The molecule has 172 valence electrons. The van der Waals surface area contributed by atoms with E-state index in [0.717, 1.165) is 53.6 Å². The van der Waals surface area contributed by atoms with Gasteiger partial charge in [-0.1, -0.05) is 61.1 Å². The Hall–Kier alpha value is -2.77. The lowest BCUT2D eigenvalue weighted by Crippen LogP contribution is -2.20. The standard InChI is InChI=1S/C29H33ClN2O/c1-3-4-17-31-21-26-7-9-27(10-8-26)22-32-18-19-33-29-16-13-25(20-23(29)2)6-5-24-11-14-28(30)15-12-24/h7-16,20,31-32H,3-4,17-19,21-22H2,1-2H3. The Bertz CT molecular complexity index is 1050. The molecule has 0 unspecified atom stereocenters. The molecule has 0 aliphatic carbocycles. The van der Waals surface area contributed by atoms with Crippen LogP contribution in [0.5, 0.6) is 5.75 Å². The van der Waals surface area contributed by atoms with Crippen molar-refractivity contribution in [1.82, 2.24) is 10.6 Å². The van der Waals surface area contributed by atoms with E-state index in [2.05, 4.69) is 66.7 Å². The summed E-state index contributed by atoms with van der Waals surface area (Å²) in [5, 5.41) is 7.65. The first-order chi connectivity index (χ1) is 16.1. The van der Waals surface area contributed by atoms with Crippen molar-refractivity contribution in [3.63, 3.8) is 0 Å². The summed E-state index contributed by atoms with van der Waals surface area (Å²) in [7, 11) is 0. The Labute approximate surface area is 203 Å². The molecule has 3 rings (SSSR count). The van der Waals surface area contributed by atoms with Crippen LogP contribution in [0.15, 0.2) is 66.7 Å². The zero-order valence-electron chi connectivity index (χ0n) is 19.6. The molecule has 0 heterocycles. The maximum atomic E-state index is 5.96. The molecule has 0 amide bonds. The molecule has 0 aliphatic heterocycles. The summed E-state index contributed by atoms with van der Waals surface area (Å²) in [5.41, 5.74) is 5.61. The quantitative estimate of drug-likeness (QED) is 0.267. The SMILES string of the molecule is CCCCNCc1ccc(CNCCOc2ccc(C#Cc3ccc(Cl)cc3)cc2C)cc1. The van der Waals surface area contributed by atoms with Gasteiger partial charge in [-0.25, -0.2) is 0 Å². The third-order valence-corrected chi connectivity index (χ3v) is 5.55. The number of unbranched alkanes of at least 4 members (excludes halogenated alkanes) is 1. The highest BCUT2D eigenvalue weighted by atomic mass is 35.5. The predicted molar refractivity (Wildman–Crippen MR) is 139 cm³/mol. The van der Waals surface area contributed by atoms with E-state index in [1.54, 1.807) is 0 Å². The van der Waals surface area contributed by atoms with Crippen LogP contribution >= 0.6 is 11.6 Å². The van der Waals surface area contributed by atoms with Crippen molar-refractivity contribution < 1.29 is 4.74 Å². The highest BCUT2D eigenvalue weighted by Gasteiger charge is 2.01. The minimum Gasteiger partial charge on any atom is -0.492 e. The molecule has 0 saturated heterocycles. The van der Waals surface area contributed by atoms with Gasteiger partial charge >= 0.3 is 0 Å². The van der Waals surface area contributed by atoms with E-state index in [4.69, 9.17) is 16.3 Å². The Morgan fingerprint density at radius 2 is 1.39 bits per heavy atom. The highest BCUT2D eigenvalue weighted by Crippen LogP contribution is 2.19. The van der Waals surface area contributed by atoms with Crippen molar-refractivity contribution in [3.8, 4) is 17.6 Å². The second-order valence-electron chi connectivity index (χ2n) is 8.11. The van der Waals surface area contributed by atoms with Crippen LogP contribution in [0.4, 0.5) is 0 Å². The number of halogens is 1. The van der Waals surface area contributed by atoms with Crippen molar-refractivity contribution >= 4 is 11.6 Å². The Kier molecular flexibility index (Phi) is 10.3. The number of ether oxygens (including phenoxy) is 1. The number of hydrogen-bond donors (Lipinski definition) is 2. The zero-order valence-corrected chi connectivity index (χ0v) is 20.3. The van der Waals surface area contributed by atoms with Crippen molar-refractivity contribution in [2.24, 2.45) is 0 Å². The van der Waals surface area contributed by atoms with E-state index in [-0.39, 0.29) is 0 Å². The van der Waals surface area contributed by atoms with Gasteiger partial charge in [-0.05, 0) is 79.0 Å². The van der Waals surface area contributed by atoms with Gasteiger partial charge in [0.2, 0.25) is 0 Å². The van der Waals surface area contributed by atoms with Crippen molar-refractivity contribution in [3.05, 3.63) is 99.6 Å². The van der Waals surface area contributed by atoms with E-state index >= 15 is 0 Å². The molecule has 0 spiro atoms. The molecule has 3 nitrogen and oxygen atoms in total. The molecular weight excluding hydrogens is 428 g/mol. The second-order valence-corrected chi connectivity index (χ2v) is 8.55. The topological polar surface area (TPSA) is 33.3 Å².